The number of para-hydroxylation sites is 1. The second kappa shape index (κ2) is 6.73. The molecule has 0 spiro atoms. The Morgan fingerprint density at radius 3 is 2.39 bits per heavy atom. The fraction of sp³-hybridized carbons (Fsp3) is 0.150. The number of nitrogen functional groups attached to an aromatic ring is 1. The largest absolute Gasteiger partial charge is 0.505 e. The third kappa shape index (κ3) is 2.75. The zero-order valence-electron chi connectivity index (χ0n) is 15.7. The van der Waals surface area contributed by atoms with Crippen molar-refractivity contribution in [3.05, 3.63) is 42.6 Å². The van der Waals surface area contributed by atoms with Crippen LogP contribution in [0.1, 0.15) is 0 Å². The van der Waals surface area contributed by atoms with Crippen LogP contribution < -0.4 is 19.9 Å². The van der Waals surface area contributed by atoms with Crippen molar-refractivity contribution in [3.63, 3.8) is 0 Å². The summed E-state index contributed by atoms with van der Waals surface area (Å²) >= 11 is 0. The molecule has 0 saturated carbocycles. The summed E-state index contributed by atoms with van der Waals surface area (Å²) in [6, 6.07) is 10.9. The average Bonchev–Trinajstić information content (AvgIpc) is 3.27. The Labute approximate surface area is 161 Å². The fourth-order valence-electron chi connectivity index (χ4n) is 3.18. The average molecular weight is 380 g/mol. The van der Waals surface area contributed by atoms with Gasteiger partial charge in [-0.05, 0) is 12.1 Å². The van der Waals surface area contributed by atoms with Crippen LogP contribution in [0.4, 0.5) is 5.82 Å². The van der Waals surface area contributed by atoms with E-state index in [1.807, 2.05) is 18.2 Å². The number of hydrogen-bond acceptors (Lipinski definition) is 6. The molecule has 2 heterocycles. The smallest absolute Gasteiger partial charge is 0.146 e. The first-order valence-corrected chi connectivity index (χ1v) is 8.52. The number of imidazole rings is 1. The predicted octanol–water partition coefficient (Wildman–Crippen LogP) is 3.33. The summed E-state index contributed by atoms with van der Waals surface area (Å²) in [4.78, 5) is 7.75. The SMILES string of the molecule is COc1cc(OC)cc(-n2cc(O)c(-c3nc4c(OC)cccc4[nH]3)c2N)c1. The molecule has 8 nitrogen and oxygen atoms in total. The lowest BCUT2D eigenvalue weighted by atomic mass is 10.2. The Morgan fingerprint density at radius 2 is 1.75 bits per heavy atom. The molecule has 8 heteroatoms. The van der Waals surface area contributed by atoms with Gasteiger partial charge in [-0.1, -0.05) is 6.07 Å². The van der Waals surface area contributed by atoms with Gasteiger partial charge in [0, 0.05) is 18.2 Å². The van der Waals surface area contributed by atoms with Gasteiger partial charge in [-0.2, -0.15) is 0 Å². The monoisotopic (exact) mass is 380 g/mol. The number of nitrogens with two attached hydrogens (primary N) is 1. The number of aromatic nitrogens is 3. The molecule has 0 aliphatic rings. The van der Waals surface area contributed by atoms with Gasteiger partial charge in [0.15, 0.2) is 0 Å². The molecule has 0 atom stereocenters. The molecule has 0 bridgehead atoms. The molecule has 0 saturated heterocycles. The topological polar surface area (TPSA) is 108 Å². The highest BCUT2D eigenvalue weighted by atomic mass is 16.5. The van der Waals surface area contributed by atoms with E-state index in [4.69, 9.17) is 19.9 Å². The molecular formula is C20H20N4O4. The molecule has 0 radical (unpaired) electrons. The minimum absolute atomic E-state index is 0.00249. The molecule has 4 N–H and O–H groups in total. The lowest BCUT2D eigenvalue weighted by Crippen LogP contribution is -2.01. The van der Waals surface area contributed by atoms with Gasteiger partial charge >= 0.3 is 0 Å². The highest BCUT2D eigenvalue weighted by molar-refractivity contribution is 5.88. The lowest BCUT2D eigenvalue weighted by molar-refractivity contribution is 0.394. The quantitative estimate of drug-likeness (QED) is 0.490. The molecule has 0 aliphatic heterocycles. The standard InChI is InChI=1S/C20H20N4O4/c1-26-12-7-11(8-13(9-12)27-2)24-10-15(25)17(19(24)21)20-22-14-5-4-6-16(28-3)18(14)23-20/h4-10,25H,21H2,1-3H3,(H,22,23). The number of fused-ring (bicyclic) bond motifs is 1. The van der Waals surface area contributed by atoms with Gasteiger partial charge in [-0.25, -0.2) is 4.98 Å². The second-order valence-corrected chi connectivity index (χ2v) is 6.16. The zero-order valence-corrected chi connectivity index (χ0v) is 15.7. The van der Waals surface area contributed by atoms with E-state index in [9.17, 15) is 5.11 Å². The Morgan fingerprint density at radius 1 is 1.04 bits per heavy atom. The van der Waals surface area contributed by atoms with Gasteiger partial charge in [-0.15, -0.1) is 0 Å². The van der Waals surface area contributed by atoms with Gasteiger partial charge in [0.2, 0.25) is 0 Å². The summed E-state index contributed by atoms with van der Waals surface area (Å²) in [6.07, 6.45) is 1.53. The minimum Gasteiger partial charge on any atom is -0.505 e. The van der Waals surface area contributed by atoms with Gasteiger partial charge in [0.1, 0.15) is 45.7 Å². The summed E-state index contributed by atoms with van der Waals surface area (Å²) in [5.74, 6) is 2.62. The van der Waals surface area contributed by atoms with Crippen LogP contribution in [0.5, 0.6) is 23.0 Å². The molecule has 4 aromatic rings. The molecule has 144 valence electrons. The molecule has 2 aromatic heterocycles. The van der Waals surface area contributed by atoms with Crippen LogP contribution in [0, 0.1) is 0 Å². The van der Waals surface area contributed by atoms with Crippen molar-refractivity contribution in [1.82, 2.24) is 14.5 Å². The van der Waals surface area contributed by atoms with Gasteiger partial charge in [0.25, 0.3) is 0 Å². The minimum atomic E-state index is -0.00249. The van der Waals surface area contributed by atoms with E-state index in [0.29, 0.717) is 45.7 Å². The molecule has 0 fully saturated rings. The van der Waals surface area contributed by atoms with E-state index in [-0.39, 0.29) is 5.75 Å². The van der Waals surface area contributed by atoms with Crippen LogP contribution in [0.2, 0.25) is 0 Å². The third-order valence-corrected chi connectivity index (χ3v) is 4.57. The summed E-state index contributed by atoms with van der Waals surface area (Å²) in [5, 5.41) is 10.6. The Balaban J connectivity index is 1.87. The van der Waals surface area contributed by atoms with E-state index in [2.05, 4.69) is 9.97 Å². The number of aromatic amines is 1. The van der Waals surface area contributed by atoms with Crippen molar-refractivity contribution in [2.24, 2.45) is 0 Å². The van der Waals surface area contributed by atoms with Crippen LogP contribution in [0.15, 0.2) is 42.6 Å². The first kappa shape index (κ1) is 17.6. The normalized spacial score (nSPS) is 11.0. The number of aromatic hydroxyl groups is 1. The molecule has 28 heavy (non-hydrogen) atoms. The third-order valence-electron chi connectivity index (χ3n) is 4.57. The van der Waals surface area contributed by atoms with E-state index < -0.39 is 0 Å². The van der Waals surface area contributed by atoms with E-state index in [1.54, 1.807) is 44.1 Å². The summed E-state index contributed by atoms with van der Waals surface area (Å²) in [6.45, 7) is 0. The number of rotatable bonds is 5. The van der Waals surface area contributed by atoms with Crippen LogP contribution in [-0.2, 0) is 0 Å². The highest BCUT2D eigenvalue weighted by Crippen LogP contribution is 2.39. The first-order valence-electron chi connectivity index (χ1n) is 8.52. The summed E-state index contributed by atoms with van der Waals surface area (Å²) in [7, 11) is 4.73. The van der Waals surface area contributed by atoms with E-state index >= 15 is 0 Å². The number of benzene rings is 2. The molecule has 0 unspecified atom stereocenters. The van der Waals surface area contributed by atoms with E-state index in [1.165, 1.54) is 6.20 Å². The summed E-state index contributed by atoms with van der Waals surface area (Å²) in [5.41, 5.74) is 8.90. The van der Waals surface area contributed by atoms with Gasteiger partial charge in [-0.3, -0.25) is 4.57 Å². The number of anilines is 1. The fourth-order valence-corrected chi connectivity index (χ4v) is 3.18. The lowest BCUT2D eigenvalue weighted by Gasteiger charge is -2.11. The molecule has 0 aliphatic carbocycles. The number of nitrogens with zero attached hydrogens (tertiary/aromatic N) is 2. The summed E-state index contributed by atoms with van der Waals surface area (Å²) < 4.78 is 17.6. The number of H-pyrrole nitrogens is 1. The maximum absolute atomic E-state index is 10.6. The number of methoxy groups -OCH3 is 3. The molecule has 2 aromatic carbocycles. The van der Waals surface area contributed by atoms with Crippen molar-refractivity contribution in [3.8, 4) is 40.1 Å². The van der Waals surface area contributed by atoms with Crippen molar-refractivity contribution >= 4 is 16.9 Å². The Bertz CT molecular complexity index is 1140. The Hall–Kier alpha value is -3.81. The molecule has 4 rings (SSSR count). The number of ether oxygens (including phenoxy) is 3. The van der Waals surface area contributed by atoms with Gasteiger partial charge in [0.05, 0.1) is 38.7 Å². The van der Waals surface area contributed by atoms with Gasteiger partial charge < -0.3 is 30.0 Å². The molecule has 0 amide bonds. The van der Waals surface area contributed by atoms with Crippen LogP contribution >= 0.6 is 0 Å². The number of hydrogen-bond donors (Lipinski definition) is 3. The maximum atomic E-state index is 10.6. The zero-order chi connectivity index (χ0) is 19.8. The second-order valence-electron chi connectivity index (χ2n) is 6.16. The van der Waals surface area contributed by atoms with Crippen molar-refractivity contribution in [2.45, 2.75) is 0 Å². The number of nitrogens with one attached hydrogen (secondary N) is 1. The van der Waals surface area contributed by atoms with Crippen LogP contribution in [-0.4, -0.2) is 41.0 Å². The van der Waals surface area contributed by atoms with Crippen LogP contribution in [0.25, 0.3) is 28.1 Å². The first-order chi connectivity index (χ1) is 13.5. The maximum Gasteiger partial charge on any atom is 0.146 e. The van der Waals surface area contributed by atoms with Crippen molar-refractivity contribution < 1.29 is 19.3 Å². The molecular weight excluding hydrogens is 360 g/mol. The van der Waals surface area contributed by atoms with E-state index in [0.717, 1.165) is 5.52 Å². The van der Waals surface area contributed by atoms with Crippen LogP contribution in [0.3, 0.4) is 0 Å². The predicted molar refractivity (Wildman–Crippen MR) is 107 cm³/mol. The Kier molecular flexibility index (Phi) is 4.23. The van der Waals surface area contributed by atoms with Crippen molar-refractivity contribution in [2.75, 3.05) is 27.1 Å². The van der Waals surface area contributed by atoms with Crippen molar-refractivity contribution in [1.29, 1.82) is 0 Å². The highest BCUT2D eigenvalue weighted by Gasteiger charge is 2.20.